The van der Waals surface area contributed by atoms with E-state index in [1.807, 2.05) is 0 Å². The molecule has 206 valence electrons. The molecule has 0 bridgehead atoms. The molecule has 5 nitrogen and oxygen atoms in total. The number of nitrogens with zero attached hydrogens (tertiary/aromatic N) is 1. The highest BCUT2D eigenvalue weighted by Crippen LogP contribution is 2.44. The Morgan fingerprint density at radius 3 is 2.13 bits per heavy atom. The maximum Gasteiger partial charge on any atom is 0.416 e. The van der Waals surface area contributed by atoms with Crippen LogP contribution in [0, 0.1) is 11.7 Å². The highest BCUT2D eigenvalue weighted by atomic mass is 19.4. The van der Waals surface area contributed by atoms with Crippen molar-refractivity contribution in [2.45, 2.75) is 56.3 Å². The molecular weight excluding hydrogens is 521 g/mol. The zero-order valence-electron chi connectivity index (χ0n) is 20.4. The van der Waals surface area contributed by atoms with Gasteiger partial charge in [-0.3, -0.25) is 9.59 Å². The number of carbonyl (C=O) groups excluding carboxylic acids is 2. The first-order chi connectivity index (χ1) is 17.7. The van der Waals surface area contributed by atoms with Gasteiger partial charge in [-0.05, 0) is 54.8 Å². The van der Waals surface area contributed by atoms with Gasteiger partial charge in [0, 0.05) is 37.9 Å². The van der Waals surface area contributed by atoms with Crippen molar-refractivity contribution in [1.29, 1.82) is 0 Å². The van der Waals surface area contributed by atoms with Crippen molar-refractivity contribution in [3.05, 3.63) is 70.5 Å². The van der Waals surface area contributed by atoms with Gasteiger partial charge in [-0.1, -0.05) is 12.1 Å². The van der Waals surface area contributed by atoms with Crippen LogP contribution in [0.4, 0.5) is 30.7 Å². The van der Waals surface area contributed by atoms with Crippen LogP contribution in [0.15, 0.2) is 42.5 Å². The third-order valence-corrected chi connectivity index (χ3v) is 7.19. The summed E-state index contributed by atoms with van der Waals surface area (Å²) in [6.07, 6.45) is -11.8. The number of alkyl halides is 6. The molecule has 4 rings (SSSR count). The van der Waals surface area contributed by atoms with Gasteiger partial charge in [-0.25, -0.2) is 4.39 Å². The number of piperidine rings is 1. The zero-order valence-corrected chi connectivity index (χ0v) is 20.4. The molecule has 1 N–H and O–H groups in total. The van der Waals surface area contributed by atoms with Crippen LogP contribution in [0.25, 0.3) is 0 Å². The van der Waals surface area contributed by atoms with E-state index >= 15 is 0 Å². The molecule has 2 saturated heterocycles. The highest BCUT2D eigenvalue weighted by molar-refractivity contribution is 5.87. The largest absolute Gasteiger partial charge is 0.416 e. The summed E-state index contributed by atoms with van der Waals surface area (Å²) < 4.78 is 100.0. The molecule has 0 aliphatic carbocycles. The van der Waals surface area contributed by atoms with E-state index in [9.17, 15) is 40.3 Å². The average molecular weight is 546 g/mol. The SMILES string of the molecule is CNC(=O)C1CC(=O)N2C[C@H](O[C@H](C)c3cc(C(F)(F)F)cc(C(F)(F)F)c3)C(c3ccc(F)cc3)[C@@H]2C1. The average Bonchev–Trinajstić information content (AvgIpc) is 3.21. The molecule has 2 aromatic rings. The number of halogens is 7. The van der Waals surface area contributed by atoms with Crippen molar-refractivity contribution in [2.75, 3.05) is 13.6 Å². The lowest BCUT2D eigenvalue weighted by Crippen LogP contribution is -2.47. The van der Waals surface area contributed by atoms with E-state index in [-0.39, 0.29) is 42.8 Å². The number of carbonyl (C=O) groups is 2. The molecule has 0 radical (unpaired) electrons. The predicted molar refractivity (Wildman–Crippen MR) is 121 cm³/mol. The van der Waals surface area contributed by atoms with Crippen LogP contribution in [0.1, 0.15) is 54.0 Å². The van der Waals surface area contributed by atoms with Crippen LogP contribution in [0.5, 0.6) is 0 Å². The molecule has 2 fully saturated rings. The molecule has 38 heavy (non-hydrogen) atoms. The minimum absolute atomic E-state index is 0.0153. The van der Waals surface area contributed by atoms with Gasteiger partial charge in [0.15, 0.2) is 0 Å². The number of nitrogens with one attached hydrogen (secondary N) is 1. The van der Waals surface area contributed by atoms with Crippen LogP contribution in [-0.2, 0) is 26.7 Å². The Bertz CT molecular complexity index is 1160. The highest BCUT2D eigenvalue weighted by Gasteiger charge is 2.50. The molecule has 12 heteroatoms. The second kappa shape index (κ2) is 10.2. The molecular formula is C26H25F7N2O3. The fourth-order valence-corrected chi connectivity index (χ4v) is 5.36. The monoisotopic (exact) mass is 546 g/mol. The standard InChI is InChI=1S/C26H25F7N2O3/c1-13(15-7-17(25(28,29)30)11-18(8-15)26(31,32)33)38-21-12-35-20(9-16(10-22(35)36)24(37)34-2)23(21)14-3-5-19(27)6-4-14/h3-8,11,13,16,20-21,23H,9-10,12H2,1-2H3,(H,34,37)/t13-,16?,20+,21+,23?/m1/s1. The maximum atomic E-state index is 13.6. The number of amides is 2. The minimum atomic E-state index is -5.01. The smallest absolute Gasteiger partial charge is 0.368 e. The molecule has 2 unspecified atom stereocenters. The van der Waals surface area contributed by atoms with E-state index in [2.05, 4.69) is 5.32 Å². The van der Waals surface area contributed by atoms with Crippen molar-refractivity contribution < 1.29 is 45.1 Å². The number of fused-ring (bicyclic) bond motifs is 1. The van der Waals surface area contributed by atoms with Gasteiger partial charge in [0.25, 0.3) is 0 Å². The summed E-state index contributed by atoms with van der Waals surface area (Å²) in [7, 11) is 1.45. The van der Waals surface area contributed by atoms with Crippen LogP contribution in [0.2, 0.25) is 0 Å². The van der Waals surface area contributed by atoms with Gasteiger partial charge < -0.3 is 15.0 Å². The first-order valence-corrected chi connectivity index (χ1v) is 11.9. The van der Waals surface area contributed by atoms with E-state index in [0.29, 0.717) is 17.7 Å². The lowest BCUT2D eigenvalue weighted by atomic mass is 9.81. The molecule has 2 amide bonds. The van der Waals surface area contributed by atoms with Gasteiger partial charge in [-0.15, -0.1) is 0 Å². The molecule has 5 atom stereocenters. The summed E-state index contributed by atoms with van der Waals surface area (Å²) in [5, 5.41) is 2.52. The van der Waals surface area contributed by atoms with Gasteiger partial charge in [0.05, 0.1) is 23.3 Å². The molecule has 2 aromatic carbocycles. The fraction of sp³-hybridized carbons (Fsp3) is 0.462. The minimum Gasteiger partial charge on any atom is -0.368 e. The number of rotatable bonds is 5. The van der Waals surface area contributed by atoms with Gasteiger partial charge in [0.2, 0.25) is 11.8 Å². The third-order valence-electron chi connectivity index (χ3n) is 7.19. The summed E-state index contributed by atoms with van der Waals surface area (Å²) in [5.41, 5.74) is -2.67. The summed E-state index contributed by atoms with van der Waals surface area (Å²) in [6.45, 7) is 1.35. The summed E-state index contributed by atoms with van der Waals surface area (Å²) in [4.78, 5) is 26.8. The maximum absolute atomic E-state index is 13.6. The normalized spacial score (nSPS) is 24.8. The van der Waals surface area contributed by atoms with E-state index in [1.165, 1.54) is 43.1 Å². The van der Waals surface area contributed by atoms with E-state index < -0.39 is 59.4 Å². The van der Waals surface area contributed by atoms with Gasteiger partial charge in [-0.2, -0.15) is 26.3 Å². The second-order valence-electron chi connectivity index (χ2n) is 9.60. The van der Waals surface area contributed by atoms with Gasteiger partial charge in [0.1, 0.15) is 5.82 Å². The van der Waals surface area contributed by atoms with Crippen LogP contribution in [0.3, 0.4) is 0 Å². The summed E-state index contributed by atoms with van der Waals surface area (Å²) in [6, 6.07) is 6.14. The van der Waals surface area contributed by atoms with Crippen molar-refractivity contribution in [3.8, 4) is 0 Å². The Hall–Kier alpha value is -3.15. The molecule has 0 aromatic heterocycles. The van der Waals surface area contributed by atoms with E-state index in [0.717, 1.165) is 0 Å². The molecule has 2 aliphatic heterocycles. The second-order valence-corrected chi connectivity index (χ2v) is 9.60. The van der Waals surface area contributed by atoms with Crippen molar-refractivity contribution >= 4 is 11.8 Å². The van der Waals surface area contributed by atoms with Crippen LogP contribution < -0.4 is 5.32 Å². The van der Waals surface area contributed by atoms with Crippen LogP contribution in [-0.4, -0.2) is 42.5 Å². The predicted octanol–water partition coefficient (Wildman–Crippen LogP) is 5.46. The molecule has 2 aliphatic rings. The van der Waals surface area contributed by atoms with Crippen LogP contribution >= 0.6 is 0 Å². The zero-order chi connectivity index (χ0) is 28.0. The van der Waals surface area contributed by atoms with Gasteiger partial charge >= 0.3 is 12.4 Å². The molecule has 2 heterocycles. The lowest BCUT2D eigenvalue weighted by Gasteiger charge is -2.36. The quantitative estimate of drug-likeness (QED) is 0.507. The Morgan fingerprint density at radius 2 is 1.61 bits per heavy atom. The molecule has 0 saturated carbocycles. The summed E-state index contributed by atoms with van der Waals surface area (Å²) in [5.74, 6) is -2.37. The summed E-state index contributed by atoms with van der Waals surface area (Å²) >= 11 is 0. The number of hydrogen-bond donors (Lipinski definition) is 1. The Kier molecular flexibility index (Phi) is 7.48. The van der Waals surface area contributed by atoms with E-state index in [4.69, 9.17) is 4.74 Å². The Balaban J connectivity index is 1.69. The van der Waals surface area contributed by atoms with E-state index in [1.54, 1.807) is 0 Å². The number of benzene rings is 2. The topological polar surface area (TPSA) is 58.6 Å². The Labute approximate surface area is 213 Å². The number of ether oxygens (including phenoxy) is 1. The number of hydrogen-bond acceptors (Lipinski definition) is 3. The first kappa shape index (κ1) is 27.9. The fourth-order valence-electron chi connectivity index (χ4n) is 5.36. The van der Waals surface area contributed by atoms with Crippen molar-refractivity contribution in [1.82, 2.24) is 10.2 Å². The third kappa shape index (κ3) is 5.64. The van der Waals surface area contributed by atoms with Crippen molar-refractivity contribution in [2.24, 2.45) is 5.92 Å². The first-order valence-electron chi connectivity index (χ1n) is 11.9. The van der Waals surface area contributed by atoms with Crippen molar-refractivity contribution in [3.63, 3.8) is 0 Å². The molecule has 0 spiro atoms. The Morgan fingerprint density at radius 1 is 1.03 bits per heavy atom. The lowest BCUT2D eigenvalue weighted by molar-refractivity contribution is -0.143.